The van der Waals surface area contributed by atoms with E-state index in [0.29, 0.717) is 18.5 Å². The standard InChI is InChI=1S/C40H62N5O9P/c1-2-3-4-5-9-12-18-25-50-26-19-13-10-7-6-8-11-17-22-33(51-27-32-20-15-14-16-21-32)28-52-55(48,49)53-29-35-37(46)38(47)40(30-41,54-35)36-24-23-34-39(42)43-31-44-45(34)36/h14-16,20-21,23-24,31,33,35,37-38,46-47H,2-13,17-19,22,25-29H2,1H3,(H,48,49)(H2,42,43,44)/t33-,35+,37?,38-,40-/m0/s1. The van der Waals surface area contributed by atoms with Gasteiger partial charge in [0, 0.05) is 13.2 Å². The van der Waals surface area contributed by atoms with Crippen LogP contribution in [0.4, 0.5) is 5.82 Å². The molecule has 3 heterocycles. The van der Waals surface area contributed by atoms with E-state index in [1.54, 1.807) is 6.07 Å². The van der Waals surface area contributed by atoms with Gasteiger partial charge in [-0.05, 0) is 37.0 Å². The number of benzene rings is 1. The molecule has 0 aliphatic carbocycles. The van der Waals surface area contributed by atoms with Crippen LogP contribution in [0.1, 0.15) is 121 Å². The molecule has 4 rings (SSSR count). The summed E-state index contributed by atoms with van der Waals surface area (Å²) >= 11 is 0. The molecule has 0 bridgehead atoms. The summed E-state index contributed by atoms with van der Waals surface area (Å²) in [6, 6.07) is 14.6. The second kappa shape index (κ2) is 24.0. The Morgan fingerprint density at radius 1 is 0.927 bits per heavy atom. The van der Waals surface area contributed by atoms with Gasteiger partial charge in [0.2, 0.25) is 5.60 Å². The molecule has 0 radical (unpaired) electrons. The fourth-order valence-electron chi connectivity index (χ4n) is 6.84. The lowest BCUT2D eigenvalue weighted by Gasteiger charge is -2.24. The summed E-state index contributed by atoms with van der Waals surface area (Å²) in [5.41, 5.74) is 5.28. The van der Waals surface area contributed by atoms with Crippen LogP contribution in [0.2, 0.25) is 0 Å². The van der Waals surface area contributed by atoms with E-state index in [1.807, 2.05) is 36.4 Å². The molecule has 15 heteroatoms. The predicted octanol–water partition coefficient (Wildman–Crippen LogP) is 7.15. The van der Waals surface area contributed by atoms with Crippen LogP contribution >= 0.6 is 7.82 Å². The van der Waals surface area contributed by atoms with Gasteiger partial charge < -0.3 is 35.1 Å². The lowest BCUT2D eigenvalue weighted by atomic mass is 9.92. The van der Waals surface area contributed by atoms with Crippen molar-refractivity contribution in [3.8, 4) is 6.07 Å². The van der Waals surface area contributed by atoms with Crippen molar-refractivity contribution in [2.24, 2.45) is 0 Å². The summed E-state index contributed by atoms with van der Waals surface area (Å²) in [7, 11) is -4.66. The number of anilines is 1. The van der Waals surface area contributed by atoms with E-state index in [-0.39, 0.29) is 18.1 Å². The molecule has 1 aliphatic heterocycles. The Bertz CT molecular complexity index is 1610. The number of nitrogens with two attached hydrogens (primary N) is 1. The molecule has 6 atom stereocenters. The van der Waals surface area contributed by atoms with E-state index >= 15 is 0 Å². The predicted molar refractivity (Wildman–Crippen MR) is 209 cm³/mol. The Kier molecular flexibility index (Phi) is 19.5. The molecular formula is C40H62N5O9P. The smallest absolute Gasteiger partial charge is 0.387 e. The van der Waals surface area contributed by atoms with Crippen LogP contribution in [0.15, 0.2) is 48.8 Å². The Hall–Kier alpha value is -2.96. The minimum Gasteiger partial charge on any atom is -0.387 e. The molecule has 55 heavy (non-hydrogen) atoms. The maximum atomic E-state index is 13.0. The molecule has 3 aromatic rings. The Morgan fingerprint density at radius 3 is 2.22 bits per heavy atom. The van der Waals surface area contributed by atoms with Crippen molar-refractivity contribution >= 4 is 19.2 Å². The highest BCUT2D eigenvalue weighted by Crippen LogP contribution is 2.46. The molecule has 5 N–H and O–H groups in total. The van der Waals surface area contributed by atoms with Gasteiger partial charge in [0.1, 0.15) is 36.2 Å². The van der Waals surface area contributed by atoms with Crippen molar-refractivity contribution in [3.05, 3.63) is 60.0 Å². The highest BCUT2D eigenvalue weighted by atomic mass is 31.2. The van der Waals surface area contributed by atoms with Crippen molar-refractivity contribution in [1.29, 1.82) is 5.26 Å². The van der Waals surface area contributed by atoms with Gasteiger partial charge in [-0.2, -0.15) is 10.4 Å². The average molecular weight is 788 g/mol. The first-order valence-electron chi connectivity index (χ1n) is 20.1. The number of nitrogen functional groups attached to an aromatic ring is 1. The third-order valence-electron chi connectivity index (χ3n) is 10.1. The largest absolute Gasteiger partial charge is 0.472 e. The number of aromatic nitrogens is 3. The number of aliphatic hydroxyl groups is 2. The zero-order chi connectivity index (χ0) is 39.4. The van der Waals surface area contributed by atoms with Gasteiger partial charge in [0.05, 0.1) is 31.6 Å². The van der Waals surface area contributed by atoms with Gasteiger partial charge in [-0.3, -0.25) is 9.05 Å². The number of ether oxygens (including phenoxy) is 3. The third-order valence-corrected chi connectivity index (χ3v) is 11.0. The molecule has 0 amide bonds. The first-order valence-corrected chi connectivity index (χ1v) is 21.6. The molecule has 0 saturated carbocycles. The Morgan fingerprint density at radius 2 is 1.56 bits per heavy atom. The first-order chi connectivity index (χ1) is 26.7. The van der Waals surface area contributed by atoms with Crippen molar-refractivity contribution in [1.82, 2.24) is 14.6 Å². The molecule has 2 aromatic heterocycles. The van der Waals surface area contributed by atoms with Crippen molar-refractivity contribution in [2.45, 2.75) is 146 Å². The molecule has 1 aliphatic rings. The number of fused-ring (bicyclic) bond motifs is 1. The number of phosphoric acid groups is 1. The number of hydrogen-bond donors (Lipinski definition) is 4. The number of rotatable bonds is 29. The maximum absolute atomic E-state index is 13.0. The molecule has 1 aromatic carbocycles. The van der Waals surface area contributed by atoms with Crippen LogP contribution in [-0.2, 0) is 40.0 Å². The summed E-state index contributed by atoms with van der Waals surface area (Å²) in [6.07, 6.45) is 14.6. The maximum Gasteiger partial charge on any atom is 0.472 e. The zero-order valence-corrected chi connectivity index (χ0v) is 33.3. The lowest BCUT2D eigenvalue weighted by molar-refractivity contribution is -0.0658. The van der Waals surface area contributed by atoms with E-state index < -0.39 is 44.4 Å². The highest BCUT2D eigenvalue weighted by molar-refractivity contribution is 7.47. The van der Waals surface area contributed by atoms with E-state index in [9.17, 15) is 24.9 Å². The molecule has 2 unspecified atom stereocenters. The summed E-state index contributed by atoms with van der Waals surface area (Å²) in [4.78, 5) is 14.5. The quantitative estimate of drug-likeness (QED) is 0.0408. The molecule has 14 nitrogen and oxygen atoms in total. The number of phosphoric ester groups is 1. The molecule has 1 fully saturated rings. The minimum atomic E-state index is -4.66. The minimum absolute atomic E-state index is 0.102. The second-order valence-electron chi connectivity index (χ2n) is 14.4. The summed E-state index contributed by atoms with van der Waals surface area (Å²) < 4.78 is 42.6. The zero-order valence-electron chi connectivity index (χ0n) is 32.4. The van der Waals surface area contributed by atoms with Gasteiger partial charge in [-0.15, -0.1) is 0 Å². The number of nitriles is 1. The van der Waals surface area contributed by atoms with Crippen LogP contribution in [0, 0.1) is 11.3 Å². The number of aliphatic hydroxyl groups excluding tert-OH is 2. The van der Waals surface area contributed by atoms with E-state index in [4.69, 9.17) is 29.0 Å². The van der Waals surface area contributed by atoms with Crippen LogP contribution in [-0.4, -0.2) is 80.5 Å². The van der Waals surface area contributed by atoms with Gasteiger partial charge in [0.25, 0.3) is 0 Å². The van der Waals surface area contributed by atoms with Crippen LogP contribution in [0.5, 0.6) is 0 Å². The van der Waals surface area contributed by atoms with Crippen molar-refractivity contribution in [2.75, 3.05) is 32.2 Å². The molecule has 306 valence electrons. The third kappa shape index (κ3) is 14.2. The fourth-order valence-corrected chi connectivity index (χ4v) is 7.60. The van der Waals surface area contributed by atoms with Gasteiger partial charge in [-0.1, -0.05) is 121 Å². The fraction of sp³-hybridized carbons (Fsp3) is 0.675. The lowest BCUT2D eigenvalue weighted by Crippen LogP contribution is -2.41. The van der Waals surface area contributed by atoms with Crippen LogP contribution in [0.3, 0.4) is 0 Å². The monoisotopic (exact) mass is 787 g/mol. The molecular weight excluding hydrogens is 725 g/mol. The average Bonchev–Trinajstić information content (AvgIpc) is 3.74. The van der Waals surface area contributed by atoms with Crippen LogP contribution in [0.25, 0.3) is 5.52 Å². The molecule has 1 saturated heterocycles. The second-order valence-corrected chi connectivity index (χ2v) is 15.9. The molecule has 0 spiro atoms. The Balaban J connectivity index is 1.15. The van der Waals surface area contributed by atoms with E-state index in [0.717, 1.165) is 50.9 Å². The topological polar surface area (TPSA) is 204 Å². The van der Waals surface area contributed by atoms with Gasteiger partial charge >= 0.3 is 7.82 Å². The normalized spacial score (nSPS) is 21.5. The SMILES string of the molecule is CCCCCCCCCOCCCCCCCCCC[C@@H](COP(=O)(O)OC[C@H]1O[C@@](C#N)(c2ccc3c(N)ncnn23)[C@@H](O)C1O)OCc1ccccc1. The summed E-state index contributed by atoms with van der Waals surface area (Å²) in [6.45, 7) is 3.46. The van der Waals surface area contributed by atoms with Crippen LogP contribution < -0.4 is 5.73 Å². The number of unbranched alkanes of at least 4 members (excludes halogenated alkanes) is 13. The van der Waals surface area contributed by atoms with Gasteiger partial charge in [-0.25, -0.2) is 14.1 Å². The van der Waals surface area contributed by atoms with Crippen molar-refractivity contribution in [3.63, 3.8) is 0 Å². The summed E-state index contributed by atoms with van der Waals surface area (Å²) in [5.74, 6) is 0.142. The van der Waals surface area contributed by atoms with Crippen molar-refractivity contribution < 1.29 is 42.9 Å². The van der Waals surface area contributed by atoms with Gasteiger partial charge in [0.15, 0.2) is 5.82 Å². The number of hydrogen-bond acceptors (Lipinski definition) is 12. The first kappa shape index (κ1) is 44.8. The number of nitrogens with zero attached hydrogens (tertiary/aromatic N) is 4. The Labute approximate surface area is 325 Å². The van der Waals surface area contributed by atoms with E-state index in [1.165, 1.54) is 81.1 Å². The summed E-state index contributed by atoms with van der Waals surface area (Å²) in [5, 5.41) is 36.0. The highest BCUT2D eigenvalue weighted by Gasteiger charge is 2.58. The van der Waals surface area contributed by atoms with E-state index in [2.05, 4.69) is 17.0 Å².